The Kier molecular flexibility index (Phi) is 4.20. The van der Waals surface area contributed by atoms with Crippen molar-refractivity contribution in [1.82, 2.24) is 4.90 Å². The molecule has 5 nitrogen and oxygen atoms in total. The number of carbonyl (C=O) groups excluding carboxylic acids is 1. The van der Waals surface area contributed by atoms with Crippen molar-refractivity contribution >= 4 is 5.91 Å². The largest absolute Gasteiger partial charge is 0.505 e. The number of phenolic OH excluding ortho intramolecular Hbond substituents is 1. The van der Waals surface area contributed by atoms with Gasteiger partial charge in [-0.1, -0.05) is 0 Å². The molecule has 1 aromatic carbocycles. The van der Waals surface area contributed by atoms with Crippen LogP contribution in [0, 0.1) is 11.6 Å². The summed E-state index contributed by atoms with van der Waals surface area (Å²) in [4.78, 5) is 13.4. The molecule has 2 unspecified atom stereocenters. The lowest BCUT2D eigenvalue weighted by molar-refractivity contribution is -0.0746. The Morgan fingerprint density at radius 1 is 1.50 bits per heavy atom. The van der Waals surface area contributed by atoms with Gasteiger partial charge in [0.05, 0.1) is 12.7 Å². The highest BCUT2D eigenvalue weighted by molar-refractivity contribution is 5.95. The topological polar surface area (TPSA) is 70.0 Å². The average Bonchev–Trinajstić information content (AvgIpc) is 2.43. The zero-order valence-corrected chi connectivity index (χ0v) is 10.8. The molecule has 1 saturated heterocycles. The summed E-state index contributed by atoms with van der Waals surface area (Å²) >= 11 is 0. The van der Waals surface area contributed by atoms with Gasteiger partial charge in [0.1, 0.15) is 17.5 Å². The lowest BCUT2D eigenvalue weighted by atomic mass is 10.1. The number of nitrogens with zero attached hydrogens (tertiary/aromatic N) is 1. The van der Waals surface area contributed by atoms with E-state index in [2.05, 4.69) is 0 Å². The summed E-state index contributed by atoms with van der Waals surface area (Å²) < 4.78 is 32.6. The molecule has 2 N–H and O–H groups in total. The molecule has 1 aliphatic heterocycles. The van der Waals surface area contributed by atoms with Crippen LogP contribution >= 0.6 is 0 Å². The first kappa shape index (κ1) is 14.7. The van der Waals surface area contributed by atoms with Gasteiger partial charge in [-0.2, -0.15) is 0 Å². The molecule has 0 aromatic heterocycles. The van der Waals surface area contributed by atoms with Crippen LogP contribution in [0.15, 0.2) is 12.1 Å². The number of morpholine rings is 1. The van der Waals surface area contributed by atoms with E-state index in [1.54, 1.807) is 0 Å². The zero-order valence-electron chi connectivity index (χ0n) is 10.8. The van der Waals surface area contributed by atoms with Gasteiger partial charge >= 0.3 is 0 Å². The quantitative estimate of drug-likeness (QED) is 0.847. The van der Waals surface area contributed by atoms with Crippen LogP contribution in [0.5, 0.6) is 5.75 Å². The number of rotatable bonds is 2. The van der Waals surface area contributed by atoms with Crippen molar-refractivity contribution in [3.05, 3.63) is 29.3 Å². The van der Waals surface area contributed by atoms with E-state index >= 15 is 0 Å². The Labute approximate surface area is 114 Å². The lowest BCUT2D eigenvalue weighted by Crippen LogP contribution is -2.49. The minimum Gasteiger partial charge on any atom is -0.505 e. The Hall–Kier alpha value is -1.73. The molecule has 20 heavy (non-hydrogen) atoms. The third kappa shape index (κ3) is 2.73. The lowest BCUT2D eigenvalue weighted by Gasteiger charge is -2.34. The monoisotopic (exact) mass is 287 g/mol. The molecule has 7 heteroatoms. The van der Waals surface area contributed by atoms with Crippen molar-refractivity contribution in [2.75, 3.05) is 19.7 Å². The van der Waals surface area contributed by atoms with Gasteiger partial charge in [-0.25, -0.2) is 8.78 Å². The second-order valence-electron chi connectivity index (χ2n) is 4.66. The molecule has 1 fully saturated rings. The number of aromatic hydroxyl groups is 1. The predicted octanol–water partition coefficient (Wildman–Crippen LogP) is 0.892. The fourth-order valence-corrected chi connectivity index (χ4v) is 2.05. The van der Waals surface area contributed by atoms with Crippen LogP contribution in [0.4, 0.5) is 8.78 Å². The molecule has 0 bridgehead atoms. The molecule has 1 aromatic rings. The van der Waals surface area contributed by atoms with E-state index in [4.69, 9.17) is 4.74 Å². The van der Waals surface area contributed by atoms with E-state index < -0.39 is 41.1 Å². The summed E-state index contributed by atoms with van der Waals surface area (Å²) in [6.07, 6.45) is -1.40. The van der Waals surface area contributed by atoms with Crippen LogP contribution in [0.2, 0.25) is 0 Å². The highest BCUT2D eigenvalue weighted by Crippen LogP contribution is 2.24. The number of benzene rings is 1. The molecule has 0 aliphatic carbocycles. The van der Waals surface area contributed by atoms with Gasteiger partial charge in [0.2, 0.25) is 0 Å². The summed E-state index contributed by atoms with van der Waals surface area (Å²) in [5, 5.41) is 18.7. The number of hydrogen-bond donors (Lipinski definition) is 2. The van der Waals surface area contributed by atoms with E-state index in [0.29, 0.717) is 0 Å². The highest BCUT2D eigenvalue weighted by Gasteiger charge is 2.31. The van der Waals surface area contributed by atoms with Crippen LogP contribution < -0.4 is 0 Å². The van der Waals surface area contributed by atoms with Crippen LogP contribution in [-0.4, -0.2) is 52.9 Å². The van der Waals surface area contributed by atoms with E-state index in [9.17, 15) is 23.8 Å². The summed E-state index contributed by atoms with van der Waals surface area (Å²) in [6.45, 7) is 1.87. The molecular weight excluding hydrogens is 272 g/mol. The van der Waals surface area contributed by atoms with Crippen molar-refractivity contribution in [2.45, 2.75) is 19.1 Å². The van der Waals surface area contributed by atoms with Gasteiger partial charge in [-0.05, 0) is 19.1 Å². The fourth-order valence-electron chi connectivity index (χ4n) is 2.05. The van der Waals surface area contributed by atoms with E-state index in [-0.39, 0.29) is 19.7 Å². The number of carbonyl (C=O) groups is 1. The molecule has 1 heterocycles. The molecule has 1 aliphatic rings. The Morgan fingerprint density at radius 3 is 2.85 bits per heavy atom. The Morgan fingerprint density at radius 2 is 2.20 bits per heavy atom. The van der Waals surface area contributed by atoms with Crippen molar-refractivity contribution in [3.8, 4) is 5.75 Å². The summed E-state index contributed by atoms with van der Waals surface area (Å²) in [7, 11) is 0. The first-order valence-corrected chi connectivity index (χ1v) is 6.17. The standard InChI is InChI=1S/C13H15F2NO4/c1-7(17)10-6-16(4-5-20-10)13(19)11-8(14)2-3-9(18)12(11)15/h2-3,7,10,17-18H,4-6H2,1H3. The van der Waals surface area contributed by atoms with Gasteiger partial charge < -0.3 is 19.8 Å². The van der Waals surface area contributed by atoms with E-state index in [0.717, 1.165) is 12.1 Å². The third-order valence-corrected chi connectivity index (χ3v) is 3.20. The summed E-state index contributed by atoms with van der Waals surface area (Å²) in [5.41, 5.74) is -0.795. The minimum absolute atomic E-state index is 0.0328. The van der Waals surface area contributed by atoms with Gasteiger partial charge in [-0.15, -0.1) is 0 Å². The molecule has 1 amide bonds. The van der Waals surface area contributed by atoms with E-state index in [1.807, 2.05) is 0 Å². The Balaban J connectivity index is 2.25. The number of aliphatic hydroxyl groups is 1. The Bertz CT molecular complexity index is 521. The van der Waals surface area contributed by atoms with Gasteiger partial charge in [0, 0.05) is 13.1 Å². The van der Waals surface area contributed by atoms with Crippen LogP contribution in [-0.2, 0) is 4.74 Å². The highest BCUT2D eigenvalue weighted by atomic mass is 19.1. The SMILES string of the molecule is CC(O)C1CN(C(=O)c2c(F)ccc(O)c2F)CCO1. The molecule has 110 valence electrons. The molecule has 0 saturated carbocycles. The van der Waals surface area contributed by atoms with Gasteiger partial charge in [-0.3, -0.25) is 4.79 Å². The van der Waals surface area contributed by atoms with Crippen LogP contribution in [0.25, 0.3) is 0 Å². The number of hydrogen-bond acceptors (Lipinski definition) is 4. The molecule has 0 radical (unpaired) electrons. The van der Waals surface area contributed by atoms with Crippen molar-refractivity contribution < 1.29 is 28.5 Å². The molecular formula is C13H15F2NO4. The first-order valence-electron chi connectivity index (χ1n) is 6.17. The van der Waals surface area contributed by atoms with Crippen molar-refractivity contribution in [2.24, 2.45) is 0 Å². The summed E-state index contributed by atoms with van der Waals surface area (Å²) in [5.74, 6) is -3.97. The number of ether oxygens (including phenoxy) is 1. The maximum atomic E-state index is 13.7. The molecule has 2 atom stereocenters. The number of halogens is 2. The average molecular weight is 287 g/mol. The number of amides is 1. The van der Waals surface area contributed by atoms with Crippen LogP contribution in [0.3, 0.4) is 0 Å². The van der Waals surface area contributed by atoms with Crippen molar-refractivity contribution in [1.29, 1.82) is 0 Å². The summed E-state index contributed by atoms with van der Waals surface area (Å²) in [6, 6.07) is 1.68. The zero-order chi connectivity index (χ0) is 14.9. The normalized spacial score (nSPS) is 20.8. The van der Waals surface area contributed by atoms with E-state index in [1.165, 1.54) is 11.8 Å². The minimum atomic E-state index is -1.28. The second-order valence-corrected chi connectivity index (χ2v) is 4.66. The van der Waals surface area contributed by atoms with Crippen LogP contribution in [0.1, 0.15) is 17.3 Å². The number of phenols is 1. The molecule has 2 rings (SSSR count). The maximum Gasteiger partial charge on any atom is 0.260 e. The smallest absolute Gasteiger partial charge is 0.260 e. The maximum absolute atomic E-state index is 13.7. The van der Waals surface area contributed by atoms with Crippen molar-refractivity contribution in [3.63, 3.8) is 0 Å². The molecule has 0 spiro atoms. The second kappa shape index (κ2) is 5.72. The van der Waals surface area contributed by atoms with Gasteiger partial charge in [0.25, 0.3) is 5.91 Å². The first-order chi connectivity index (χ1) is 9.41. The van der Waals surface area contributed by atoms with Gasteiger partial charge in [0.15, 0.2) is 11.6 Å². The predicted molar refractivity (Wildman–Crippen MR) is 65.3 cm³/mol. The fraction of sp³-hybridized carbons (Fsp3) is 0.462. The third-order valence-electron chi connectivity index (χ3n) is 3.20. The number of aliphatic hydroxyl groups excluding tert-OH is 1.